The van der Waals surface area contributed by atoms with Crippen LogP contribution in [0, 0.1) is 22.7 Å². The van der Waals surface area contributed by atoms with Crippen molar-refractivity contribution < 1.29 is 0 Å². The van der Waals surface area contributed by atoms with Gasteiger partial charge in [-0.15, -0.1) is 0 Å². The predicted molar refractivity (Wildman–Crippen MR) is 75.1 cm³/mol. The third kappa shape index (κ3) is 2.41. The maximum Gasteiger partial charge on any atom is 0.00671 e. The SMILES string of the molecule is CC(NCC1C(C)(C)C1(C)C)C1CCCCC1. The largest absolute Gasteiger partial charge is 0.314 e. The second-order valence-electron chi connectivity index (χ2n) is 7.59. The molecule has 1 heteroatoms. The molecule has 1 N–H and O–H groups in total. The van der Waals surface area contributed by atoms with E-state index in [1.807, 2.05) is 0 Å². The average molecular weight is 237 g/mol. The van der Waals surface area contributed by atoms with E-state index in [0.29, 0.717) is 10.8 Å². The molecular weight excluding hydrogens is 206 g/mol. The highest BCUT2D eigenvalue weighted by atomic mass is 14.9. The molecule has 100 valence electrons. The van der Waals surface area contributed by atoms with Crippen LogP contribution >= 0.6 is 0 Å². The van der Waals surface area contributed by atoms with Crippen LogP contribution in [0.15, 0.2) is 0 Å². The molecule has 2 aliphatic carbocycles. The molecule has 2 fully saturated rings. The van der Waals surface area contributed by atoms with Gasteiger partial charge < -0.3 is 5.32 Å². The Morgan fingerprint density at radius 3 is 2.00 bits per heavy atom. The smallest absolute Gasteiger partial charge is 0.00671 e. The molecule has 0 bridgehead atoms. The van der Waals surface area contributed by atoms with Crippen LogP contribution in [0.1, 0.15) is 66.7 Å². The standard InChI is InChI=1S/C16H31N/c1-12(13-9-7-6-8-10-13)17-11-14-15(2,3)16(14,4)5/h12-14,17H,6-11H2,1-5H3. The van der Waals surface area contributed by atoms with E-state index in [-0.39, 0.29) is 0 Å². The molecule has 0 radical (unpaired) electrons. The van der Waals surface area contributed by atoms with Gasteiger partial charge in [0.25, 0.3) is 0 Å². The first kappa shape index (κ1) is 13.4. The molecule has 1 atom stereocenters. The summed E-state index contributed by atoms with van der Waals surface area (Å²) in [5, 5.41) is 3.83. The lowest BCUT2D eigenvalue weighted by Crippen LogP contribution is -2.36. The van der Waals surface area contributed by atoms with Crippen molar-refractivity contribution in [1.29, 1.82) is 0 Å². The second-order valence-corrected chi connectivity index (χ2v) is 7.59. The third-order valence-corrected chi connectivity index (χ3v) is 6.32. The van der Waals surface area contributed by atoms with Crippen LogP contribution < -0.4 is 5.32 Å². The van der Waals surface area contributed by atoms with E-state index in [1.54, 1.807) is 0 Å². The molecule has 0 amide bonds. The van der Waals surface area contributed by atoms with Crippen molar-refractivity contribution in [3.8, 4) is 0 Å². The fourth-order valence-corrected chi connectivity index (χ4v) is 3.95. The van der Waals surface area contributed by atoms with Gasteiger partial charge in [-0.1, -0.05) is 47.0 Å². The molecule has 0 spiro atoms. The van der Waals surface area contributed by atoms with Crippen LogP contribution in [0.2, 0.25) is 0 Å². The van der Waals surface area contributed by atoms with Gasteiger partial charge in [0.05, 0.1) is 0 Å². The van der Waals surface area contributed by atoms with Crippen LogP contribution in [0.3, 0.4) is 0 Å². The Morgan fingerprint density at radius 1 is 1.00 bits per heavy atom. The van der Waals surface area contributed by atoms with Gasteiger partial charge in [0.2, 0.25) is 0 Å². The molecule has 1 unspecified atom stereocenters. The summed E-state index contributed by atoms with van der Waals surface area (Å²) in [5.41, 5.74) is 1.07. The maximum absolute atomic E-state index is 3.83. The zero-order valence-corrected chi connectivity index (χ0v) is 12.5. The first-order valence-corrected chi connectivity index (χ1v) is 7.61. The monoisotopic (exact) mass is 237 g/mol. The highest BCUT2D eigenvalue weighted by Crippen LogP contribution is 2.67. The lowest BCUT2D eigenvalue weighted by molar-refractivity contribution is 0.276. The molecule has 1 nitrogen and oxygen atoms in total. The maximum atomic E-state index is 3.83. The zero-order chi connectivity index (χ0) is 12.7. The minimum Gasteiger partial charge on any atom is -0.314 e. The van der Waals surface area contributed by atoms with Crippen LogP contribution in [0.4, 0.5) is 0 Å². The Balaban J connectivity index is 1.75. The van der Waals surface area contributed by atoms with Gasteiger partial charge >= 0.3 is 0 Å². The Morgan fingerprint density at radius 2 is 1.53 bits per heavy atom. The van der Waals surface area contributed by atoms with Gasteiger partial charge in [-0.25, -0.2) is 0 Å². The minimum absolute atomic E-state index is 0.534. The summed E-state index contributed by atoms with van der Waals surface area (Å²) >= 11 is 0. The molecule has 0 aromatic rings. The van der Waals surface area contributed by atoms with Gasteiger partial charge in [-0.2, -0.15) is 0 Å². The van der Waals surface area contributed by atoms with Crippen molar-refractivity contribution in [1.82, 2.24) is 5.32 Å². The Kier molecular flexibility index (Phi) is 3.60. The van der Waals surface area contributed by atoms with E-state index in [1.165, 1.54) is 38.6 Å². The number of hydrogen-bond acceptors (Lipinski definition) is 1. The highest BCUT2D eigenvalue weighted by Gasteiger charge is 2.63. The van der Waals surface area contributed by atoms with Crippen LogP contribution in [0.5, 0.6) is 0 Å². The molecule has 17 heavy (non-hydrogen) atoms. The number of rotatable bonds is 4. The number of nitrogens with one attached hydrogen (secondary N) is 1. The number of hydrogen-bond donors (Lipinski definition) is 1. The fourth-order valence-electron chi connectivity index (χ4n) is 3.95. The zero-order valence-electron chi connectivity index (χ0n) is 12.5. The summed E-state index contributed by atoms with van der Waals surface area (Å²) in [6.07, 6.45) is 7.28. The molecule has 2 aliphatic rings. The average Bonchev–Trinajstić information content (AvgIpc) is 2.68. The predicted octanol–water partition coefficient (Wildman–Crippen LogP) is 4.23. The van der Waals surface area contributed by atoms with Gasteiger partial charge in [-0.3, -0.25) is 0 Å². The Labute approximate surface area is 108 Å². The first-order valence-electron chi connectivity index (χ1n) is 7.61. The summed E-state index contributed by atoms with van der Waals surface area (Å²) in [6.45, 7) is 13.3. The first-order chi connectivity index (χ1) is 7.87. The minimum atomic E-state index is 0.534. The van der Waals surface area contributed by atoms with Crippen LogP contribution in [-0.2, 0) is 0 Å². The molecule has 0 saturated heterocycles. The summed E-state index contributed by atoms with van der Waals surface area (Å²) in [5.74, 6) is 1.80. The normalized spacial score (nSPS) is 30.2. The van der Waals surface area contributed by atoms with Crippen molar-refractivity contribution in [2.45, 2.75) is 72.8 Å². The molecular formula is C16H31N. The molecule has 2 rings (SSSR count). The van der Waals surface area contributed by atoms with E-state index in [9.17, 15) is 0 Å². The van der Waals surface area contributed by atoms with Crippen molar-refractivity contribution in [2.24, 2.45) is 22.7 Å². The second kappa shape index (κ2) is 4.57. The summed E-state index contributed by atoms with van der Waals surface area (Å²) in [6, 6.07) is 0.725. The van der Waals surface area contributed by atoms with E-state index in [4.69, 9.17) is 0 Å². The molecule has 0 aromatic heterocycles. The third-order valence-electron chi connectivity index (χ3n) is 6.32. The van der Waals surface area contributed by atoms with Gasteiger partial charge in [0, 0.05) is 6.04 Å². The summed E-state index contributed by atoms with van der Waals surface area (Å²) in [7, 11) is 0. The van der Waals surface area contributed by atoms with Gasteiger partial charge in [0.1, 0.15) is 0 Å². The van der Waals surface area contributed by atoms with E-state index >= 15 is 0 Å². The van der Waals surface area contributed by atoms with Crippen LogP contribution in [0.25, 0.3) is 0 Å². The van der Waals surface area contributed by atoms with Crippen molar-refractivity contribution >= 4 is 0 Å². The summed E-state index contributed by atoms with van der Waals surface area (Å²) in [4.78, 5) is 0. The van der Waals surface area contributed by atoms with E-state index in [2.05, 4.69) is 39.9 Å². The van der Waals surface area contributed by atoms with Crippen molar-refractivity contribution in [3.05, 3.63) is 0 Å². The Bertz CT molecular complexity index is 247. The van der Waals surface area contributed by atoms with E-state index in [0.717, 1.165) is 17.9 Å². The van der Waals surface area contributed by atoms with Gasteiger partial charge in [-0.05, 0) is 49.0 Å². The molecule has 0 aromatic carbocycles. The summed E-state index contributed by atoms with van der Waals surface area (Å²) < 4.78 is 0. The molecule has 0 heterocycles. The van der Waals surface area contributed by atoms with Gasteiger partial charge in [0.15, 0.2) is 0 Å². The van der Waals surface area contributed by atoms with Crippen LogP contribution in [-0.4, -0.2) is 12.6 Å². The van der Waals surface area contributed by atoms with E-state index < -0.39 is 0 Å². The lowest BCUT2D eigenvalue weighted by atomic mass is 9.84. The topological polar surface area (TPSA) is 12.0 Å². The Hall–Kier alpha value is -0.0400. The fraction of sp³-hybridized carbons (Fsp3) is 1.00. The lowest BCUT2D eigenvalue weighted by Gasteiger charge is -2.28. The molecule has 2 saturated carbocycles. The highest BCUT2D eigenvalue weighted by molar-refractivity contribution is 5.12. The molecule has 0 aliphatic heterocycles. The van der Waals surface area contributed by atoms with Crippen molar-refractivity contribution in [2.75, 3.05) is 6.54 Å². The van der Waals surface area contributed by atoms with Crippen molar-refractivity contribution in [3.63, 3.8) is 0 Å². The quantitative estimate of drug-likeness (QED) is 0.771.